The summed E-state index contributed by atoms with van der Waals surface area (Å²) in [6.45, 7) is 0.333. The van der Waals surface area contributed by atoms with Crippen molar-refractivity contribution in [2.75, 3.05) is 0 Å². The van der Waals surface area contributed by atoms with E-state index in [1.165, 1.54) is 27.7 Å². The highest BCUT2D eigenvalue weighted by Gasteiger charge is 2.15. The monoisotopic (exact) mass is 437 g/mol. The van der Waals surface area contributed by atoms with Crippen LogP contribution in [0.3, 0.4) is 0 Å². The molecule has 0 aliphatic heterocycles. The average Bonchev–Trinajstić information content (AvgIpc) is 3.40. The fourth-order valence-electron chi connectivity index (χ4n) is 3.08. The van der Waals surface area contributed by atoms with Gasteiger partial charge in [0.25, 0.3) is 5.56 Å². The first-order valence-corrected chi connectivity index (χ1v) is 9.56. The van der Waals surface area contributed by atoms with Crippen LogP contribution < -0.4 is 5.56 Å². The molecule has 0 spiro atoms. The van der Waals surface area contributed by atoms with Gasteiger partial charge in [-0.1, -0.05) is 46.2 Å². The molecule has 0 radical (unpaired) electrons. The van der Waals surface area contributed by atoms with E-state index in [1.54, 1.807) is 36.4 Å². The molecular formula is C20H13ClFN7O2. The van der Waals surface area contributed by atoms with Crippen LogP contribution in [0.1, 0.15) is 11.5 Å². The van der Waals surface area contributed by atoms with Gasteiger partial charge in [-0.3, -0.25) is 9.36 Å². The molecule has 2 aromatic carbocycles. The maximum absolute atomic E-state index is 13.1. The number of fused-ring (bicyclic) bond motifs is 1. The van der Waals surface area contributed by atoms with Gasteiger partial charge in [0.2, 0.25) is 11.7 Å². The van der Waals surface area contributed by atoms with Crippen molar-refractivity contribution in [3.05, 3.63) is 87.5 Å². The lowest BCUT2D eigenvalue weighted by molar-refractivity contribution is 0.369. The summed E-state index contributed by atoms with van der Waals surface area (Å²) < 4.78 is 21.2. The van der Waals surface area contributed by atoms with Crippen molar-refractivity contribution in [1.82, 2.24) is 34.7 Å². The van der Waals surface area contributed by atoms with Crippen LogP contribution in [0.25, 0.3) is 22.6 Å². The Hall–Kier alpha value is -3.92. The third-order valence-corrected chi connectivity index (χ3v) is 4.83. The van der Waals surface area contributed by atoms with Gasteiger partial charge in [0.05, 0.1) is 6.54 Å². The molecule has 154 valence electrons. The molecule has 0 saturated carbocycles. The zero-order valence-electron chi connectivity index (χ0n) is 15.8. The molecule has 5 rings (SSSR count). The van der Waals surface area contributed by atoms with Gasteiger partial charge in [-0.05, 0) is 29.8 Å². The first kappa shape index (κ1) is 19.1. The van der Waals surface area contributed by atoms with Gasteiger partial charge >= 0.3 is 0 Å². The second-order valence-electron chi connectivity index (χ2n) is 6.75. The van der Waals surface area contributed by atoms with Crippen molar-refractivity contribution in [1.29, 1.82) is 0 Å². The van der Waals surface area contributed by atoms with Crippen molar-refractivity contribution in [3.8, 4) is 11.4 Å². The molecule has 0 saturated heterocycles. The van der Waals surface area contributed by atoms with Crippen LogP contribution in [0.15, 0.2) is 64.2 Å². The molecule has 11 heteroatoms. The molecule has 9 nitrogen and oxygen atoms in total. The summed E-state index contributed by atoms with van der Waals surface area (Å²) in [6.07, 6.45) is 1.37. The van der Waals surface area contributed by atoms with Crippen molar-refractivity contribution in [3.63, 3.8) is 0 Å². The van der Waals surface area contributed by atoms with E-state index in [1.807, 2.05) is 0 Å². The zero-order valence-corrected chi connectivity index (χ0v) is 16.6. The van der Waals surface area contributed by atoms with E-state index in [-0.39, 0.29) is 23.8 Å². The molecule has 0 amide bonds. The third-order valence-electron chi connectivity index (χ3n) is 4.59. The van der Waals surface area contributed by atoms with Crippen LogP contribution in [-0.4, -0.2) is 34.7 Å². The molecule has 0 atom stereocenters. The van der Waals surface area contributed by atoms with E-state index in [0.717, 1.165) is 5.56 Å². The lowest BCUT2D eigenvalue weighted by atomic mass is 10.2. The highest BCUT2D eigenvalue weighted by Crippen LogP contribution is 2.20. The minimum absolute atomic E-state index is 0.0279. The van der Waals surface area contributed by atoms with E-state index in [0.29, 0.717) is 28.6 Å². The molecule has 0 aliphatic rings. The lowest BCUT2D eigenvalue weighted by Gasteiger charge is -2.03. The minimum Gasteiger partial charge on any atom is -0.337 e. The van der Waals surface area contributed by atoms with E-state index < -0.39 is 5.56 Å². The molecule has 0 unspecified atom stereocenters. The largest absolute Gasteiger partial charge is 0.337 e. The number of aromatic nitrogens is 7. The number of hydrogen-bond acceptors (Lipinski definition) is 7. The van der Waals surface area contributed by atoms with Crippen LogP contribution in [-0.2, 0) is 13.1 Å². The second kappa shape index (κ2) is 7.73. The first-order valence-electron chi connectivity index (χ1n) is 9.18. The van der Waals surface area contributed by atoms with Crippen LogP contribution in [0.5, 0.6) is 0 Å². The fraction of sp³-hybridized carbons (Fsp3) is 0.100. The predicted octanol–water partition coefficient (Wildman–Crippen LogP) is 2.93. The van der Waals surface area contributed by atoms with Crippen molar-refractivity contribution >= 4 is 22.8 Å². The Kier molecular flexibility index (Phi) is 4.75. The molecule has 3 aromatic heterocycles. The maximum atomic E-state index is 13.1. The van der Waals surface area contributed by atoms with E-state index in [2.05, 4.69) is 25.4 Å². The number of hydrogen-bond donors (Lipinski definition) is 0. The van der Waals surface area contributed by atoms with Gasteiger partial charge in [0.15, 0.2) is 11.2 Å². The van der Waals surface area contributed by atoms with E-state index in [9.17, 15) is 9.18 Å². The molecule has 0 aliphatic carbocycles. The highest BCUT2D eigenvalue weighted by molar-refractivity contribution is 6.30. The minimum atomic E-state index is -0.391. The van der Waals surface area contributed by atoms with Crippen molar-refractivity contribution in [2.45, 2.75) is 13.1 Å². The van der Waals surface area contributed by atoms with Gasteiger partial charge in [0, 0.05) is 10.6 Å². The molecular weight excluding hydrogens is 425 g/mol. The third kappa shape index (κ3) is 3.80. The van der Waals surface area contributed by atoms with Crippen molar-refractivity contribution in [2.24, 2.45) is 0 Å². The van der Waals surface area contributed by atoms with E-state index >= 15 is 0 Å². The summed E-state index contributed by atoms with van der Waals surface area (Å²) in [5, 5.41) is 12.5. The van der Waals surface area contributed by atoms with E-state index in [4.69, 9.17) is 16.1 Å². The van der Waals surface area contributed by atoms with Crippen LogP contribution >= 0.6 is 11.6 Å². The molecule has 0 fully saturated rings. The summed E-state index contributed by atoms with van der Waals surface area (Å²) >= 11 is 6.00. The summed E-state index contributed by atoms with van der Waals surface area (Å²) in [7, 11) is 0. The Morgan fingerprint density at radius 2 is 1.94 bits per heavy atom. The first-order chi connectivity index (χ1) is 15.1. The molecule has 0 N–H and O–H groups in total. The normalized spacial score (nSPS) is 11.3. The fourth-order valence-corrected chi connectivity index (χ4v) is 3.27. The Morgan fingerprint density at radius 1 is 1.10 bits per heavy atom. The van der Waals surface area contributed by atoms with Crippen LogP contribution in [0.2, 0.25) is 5.02 Å². The quantitative estimate of drug-likeness (QED) is 0.416. The van der Waals surface area contributed by atoms with Crippen molar-refractivity contribution < 1.29 is 8.91 Å². The maximum Gasteiger partial charge on any atom is 0.283 e. The zero-order chi connectivity index (χ0) is 21.4. The van der Waals surface area contributed by atoms with Gasteiger partial charge in [-0.15, -0.1) is 5.10 Å². The highest BCUT2D eigenvalue weighted by atomic mass is 35.5. The number of rotatable bonds is 5. The summed E-state index contributed by atoms with van der Waals surface area (Å²) in [5.41, 5.74) is 1.55. The van der Waals surface area contributed by atoms with Gasteiger partial charge in [-0.25, -0.2) is 14.1 Å². The number of benzene rings is 2. The molecule has 5 aromatic rings. The van der Waals surface area contributed by atoms with Gasteiger partial charge in [0.1, 0.15) is 18.7 Å². The molecule has 31 heavy (non-hydrogen) atoms. The average molecular weight is 438 g/mol. The lowest BCUT2D eigenvalue weighted by Crippen LogP contribution is -2.21. The topological polar surface area (TPSA) is 105 Å². The van der Waals surface area contributed by atoms with Crippen LogP contribution in [0, 0.1) is 5.82 Å². The summed E-state index contributed by atoms with van der Waals surface area (Å²) in [5.74, 6) is 0.273. The molecule has 0 bridgehead atoms. The summed E-state index contributed by atoms with van der Waals surface area (Å²) in [6, 6.07) is 13.0. The second-order valence-corrected chi connectivity index (χ2v) is 7.18. The standard InChI is InChI=1S/C20H13ClFN7O2/c21-14-3-1-2-13(8-14)18-24-16(31-26-18)10-28-11-23-19-17(20(28)30)25-27-29(19)9-12-4-6-15(22)7-5-12/h1-8,11H,9-10H2. The Balaban J connectivity index is 1.41. The number of halogens is 2. The van der Waals surface area contributed by atoms with Crippen LogP contribution in [0.4, 0.5) is 4.39 Å². The Morgan fingerprint density at radius 3 is 2.74 bits per heavy atom. The van der Waals surface area contributed by atoms with Gasteiger partial charge < -0.3 is 4.52 Å². The number of nitrogens with zero attached hydrogens (tertiary/aromatic N) is 7. The smallest absolute Gasteiger partial charge is 0.283 e. The Bertz CT molecular complexity index is 1440. The summed E-state index contributed by atoms with van der Waals surface area (Å²) in [4.78, 5) is 21.4. The SMILES string of the molecule is O=c1c2nnn(Cc3ccc(F)cc3)c2ncn1Cc1nc(-c2cccc(Cl)c2)no1. The molecule has 3 heterocycles. The Labute approximate surface area is 178 Å². The predicted molar refractivity (Wildman–Crippen MR) is 109 cm³/mol. The van der Waals surface area contributed by atoms with Gasteiger partial charge in [-0.2, -0.15) is 4.98 Å².